The van der Waals surface area contributed by atoms with Gasteiger partial charge in [-0.3, -0.25) is 0 Å². The van der Waals surface area contributed by atoms with E-state index in [1.807, 2.05) is 30.3 Å². The average molecular weight is 284 g/mol. The number of benzene rings is 1. The van der Waals surface area contributed by atoms with Gasteiger partial charge in [0.25, 0.3) is 0 Å². The summed E-state index contributed by atoms with van der Waals surface area (Å²) in [6, 6.07) is 9.42. The van der Waals surface area contributed by atoms with Gasteiger partial charge in [-0.15, -0.1) is 0 Å². The van der Waals surface area contributed by atoms with Crippen molar-refractivity contribution in [3.05, 3.63) is 35.9 Å². The summed E-state index contributed by atoms with van der Waals surface area (Å²) in [5.41, 5.74) is 0.924. The molecule has 1 aromatic rings. The molecule has 0 spiro atoms. The zero-order chi connectivity index (χ0) is 14.5. The Hall–Kier alpha value is -1.02. The summed E-state index contributed by atoms with van der Waals surface area (Å²) in [4.78, 5) is 0. The van der Waals surface area contributed by atoms with Gasteiger partial charge in [-0.25, -0.2) is 0 Å². The molecule has 0 radical (unpaired) electrons. The fraction of sp³-hybridized carbons (Fsp3) is 0.571. The summed E-state index contributed by atoms with van der Waals surface area (Å²) in [6.07, 6.45) is -4.90. The fourth-order valence-electron chi connectivity index (χ4n) is 2.21. The van der Waals surface area contributed by atoms with Gasteiger partial charge in [0.2, 0.25) is 0 Å². The van der Waals surface area contributed by atoms with Crippen LogP contribution in [0.25, 0.3) is 0 Å². The molecular weight excluding hydrogens is 264 g/mol. The van der Waals surface area contributed by atoms with E-state index in [4.69, 9.17) is 14.2 Å². The van der Waals surface area contributed by atoms with Crippen LogP contribution < -0.4 is 0 Å². The van der Waals surface area contributed by atoms with Crippen LogP contribution in [0.5, 0.6) is 0 Å². The van der Waals surface area contributed by atoms with E-state index in [1.165, 1.54) is 7.11 Å². The van der Waals surface area contributed by atoms with Crippen molar-refractivity contribution in [3.63, 3.8) is 0 Å². The Kier molecular flexibility index (Phi) is 5.47. The fourth-order valence-corrected chi connectivity index (χ4v) is 2.21. The van der Waals surface area contributed by atoms with Crippen LogP contribution in [0.3, 0.4) is 0 Å². The van der Waals surface area contributed by atoms with Crippen molar-refractivity contribution < 1.29 is 29.5 Å². The topological polar surface area (TPSA) is 88.4 Å². The summed E-state index contributed by atoms with van der Waals surface area (Å²) >= 11 is 0. The van der Waals surface area contributed by atoms with Gasteiger partial charge in [-0.2, -0.15) is 0 Å². The number of methoxy groups -OCH3 is 1. The van der Waals surface area contributed by atoms with E-state index in [0.717, 1.165) is 5.56 Å². The highest BCUT2D eigenvalue weighted by Gasteiger charge is 2.45. The Bertz CT molecular complexity index is 382. The molecule has 0 bridgehead atoms. The Morgan fingerprint density at radius 3 is 2.45 bits per heavy atom. The largest absolute Gasteiger partial charge is 0.394 e. The smallest absolute Gasteiger partial charge is 0.186 e. The molecule has 2 rings (SSSR count). The second kappa shape index (κ2) is 7.12. The van der Waals surface area contributed by atoms with Crippen molar-refractivity contribution in [2.24, 2.45) is 0 Å². The molecule has 0 amide bonds. The normalized spacial score (nSPS) is 34.1. The minimum atomic E-state index is -1.12. The lowest BCUT2D eigenvalue weighted by Gasteiger charge is -2.41. The minimum absolute atomic E-state index is 0.244. The lowest BCUT2D eigenvalue weighted by atomic mass is 9.99. The summed E-state index contributed by atoms with van der Waals surface area (Å²) < 4.78 is 15.8. The van der Waals surface area contributed by atoms with Crippen molar-refractivity contribution in [2.45, 2.75) is 37.3 Å². The maximum Gasteiger partial charge on any atom is 0.186 e. The molecule has 1 aliphatic heterocycles. The molecule has 1 aliphatic rings. The first-order chi connectivity index (χ1) is 9.67. The van der Waals surface area contributed by atoms with Crippen molar-refractivity contribution in [1.29, 1.82) is 0 Å². The van der Waals surface area contributed by atoms with Gasteiger partial charge in [0.1, 0.15) is 24.4 Å². The van der Waals surface area contributed by atoms with Gasteiger partial charge < -0.3 is 29.5 Å². The monoisotopic (exact) mass is 284 g/mol. The maximum atomic E-state index is 10.1. The quantitative estimate of drug-likeness (QED) is 0.685. The van der Waals surface area contributed by atoms with Crippen LogP contribution in [0.4, 0.5) is 0 Å². The van der Waals surface area contributed by atoms with E-state index in [9.17, 15) is 15.3 Å². The van der Waals surface area contributed by atoms with Crippen LogP contribution in [-0.4, -0.2) is 59.7 Å². The lowest BCUT2D eigenvalue weighted by molar-refractivity contribution is -0.303. The number of aliphatic hydroxyl groups excluding tert-OH is 3. The molecule has 0 aromatic heterocycles. The van der Waals surface area contributed by atoms with Crippen molar-refractivity contribution in [1.82, 2.24) is 0 Å². The Morgan fingerprint density at radius 1 is 1.15 bits per heavy atom. The average Bonchev–Trinajstić information content (AvgIpc) is 2.48. The third-order valence-corrected chi connectivity index (χ3v) is 3.34. The first-order valence-electron chi connectivity index (χ1n) is 6.48. The van der Waals surface area contributed by atoms with E-state index in [1.54, 1.807) is 0 Å². The van der Waals surface area contributed by atoms with E-state index < -0.39 is 30.7 Å². The summed E-state index contributed by atoms with van der Waals surface area (Å²) in [6.45, 7) is -0.132. The van der Waals surface area contributed by atoms with Gasteiger partial charge >= 0.3 is 0 Å². The molecule has 20 heavy (non-hydrogen) atoms. The molecule has 3 N–H and O–H groups in total. The predicted molar refractivity (Wildman–Crippen MR) is 69.8 cm³/mol. The highest BCUT2D eigenvalue weighted by Crippen LogP contribution is 2.24. The van der Waals surface area contributed by atoms with Crippen molar-refractivity contribution in [2.75, 3.05) is 13.7 Å². The maximum absolute atomic E-state index is 10.1. The highest BCUT2D eigenvalue weighted by molar-refractivity contribution is 5.13. The number of ether oxygens (including phenoxy) is 3. The molecule has 6 nitrogen and oxygen atoms in total. The zero-order valence-corrected chi connectivity index (χ0v) is 11.3. The lowest BCUT2D eigenvalue weighted by Crippen LogP contribution is -2.59. The molecular formula is C14H20O6. The molecule has 1 saturated heterocycles. The van der Waals surface area contributed by atoms with Crippen LogP contribution in [-0.2, 0) is 20.8 Å². The Balaban J connectivity index is 2.02. The zero-order valence-electron chi connectivity index (χ0n) is 11.3. The third-order valence-electron chi connectivity index (χ3n) is 3.34. The molecule has 0 saturated carbocycles. The van der Waals surface area contributed by atoms with Gasteiger partial charge in [-0.1, -0.05) is 30.3 Å². The number of rotatable bonds is 5. The van der Waals surface area contributed by atoms with E-state index >= 15 is 0 Å². The first-order valence-corrected chi connectivity index (χ1v) is 6.48. The molecule has 1 aromatic carbocycles. The van der Waals surface area contributed by atoms with Crippen LogP contribution in [0.2, 0.25) is 0 Å². The summed E-state index contributed by atoms with van der Waals surface area (Å²) in [5, 5.41) is 29.3. The Labute approximate surface area is 117 Å². The van der Waals surface area contributed by atoms with Gasteiger partial charge in [0, 0.05) is 7.11 Å². The van der Waals surface area contributed by atoms with Gasteiger partial charge in [0.05, 0.1) is 13.2 Å². The third kappa shape index (κ3) is 3.35. The van der Waals surface area contributed by atoms with Gasteiger partial charge in [0.15, 0.2) is 6.29 Å². The first kappa shape index (κ1) is 15.4. The van der Waals surface area contributed by atoms with Gasteiger partial charge in [-0.05, 0) is 5.56 Å². The van der Waals surface area contributed by atoms with Crippen LogP contribution in [0.15, 0.2) is 30.3 Å². The SMILES string of the molecule is COC1O[C@H](CO)[C@@H](O)[C@H](OCc2ccccc2)[C@H]1O. The summed E-state index contributed by atoms with van der Waals surface area (Å²) in [7, 11) is 1.38. The van der Waals surface area contributed by atoms with Crippen molar-refractivity contribution in [3.8, 4) is 0 Å². The Morgan fingerprint density at radius 2 is 1.85 bits per heavy atom. The van der Waals surface area contributed by atoms with E-state index in [2.05, 4.69) is 0 Å². The van der Waals surface area contributed by atoms with E-state index in [-0.39, 0.29) is 13.2 Å². The number of hydrogen-bond donors (Lipinski definition) is 3. The highest BCUT2D eigenvalue weighted by atomic mass is 16.7. The van der Waals surface area contributed by atoms with Crippen LogP contribution >= 0.6 is 0 Å². The molecule has 5 atom stereocenters. The second-order valence-corrected chi connectivity index (χ2v) is 4.70. The molecule has 0 aliphatic carbocycles. The standard InChI is InChI=1S/C14H20O6/c1-18-14-12(17)13(11(16)10(7-15)20-14)19-8-9-5-3-2-4-6-9/h2-6,10-17H,7-8H2,1H3/t10-,11-,12-,13+,14?/m1/s1. The predicted octanol–water partition coefficient (Wildman–Crippen LogP) is -0.343. The van der Waals surface area contributed by atoms with Crippen LogP contribution in [0, 0.1) is 0 Å². The number of aliphatic hydroxyl groups is 3. The van der Waals surface area contributed by atoms with E-state index in [0.29, 0.717) is 0 Å². The molecule has 6 heteroatoms. The molecule has 1 heterocycles. The number of hydrogen-bond acceptors (Lipinski definition) is 6. The minimum Gasteiger partial charge on any atom is -0.394 e. The molecule has 1 fully saturated rings. The van der Waals surface area contributed by atoms with Crippen molar-refractivity contribution >= 4 is 0 Å². The second-order valence-electron chi connectivity index (χ2n) is 4.70. The molecule has 112 valence electrons. The summed E-state index contributed by atoms with van der Waals surface area (Å²) in [5.74, 6) is 0. The van der Waals surface area contributed by atoms with Crippen LogP contribution in [0.1, 0.15) is 5.56 Å². The molecule has 1 unspecified atom stereocenters.